The molecule has 0 spiro atoms. The maximum atomic E-state index is 5.30. The number of hydrogen-bond acceptors (Lipinski definition) is 4. The van der Waals surface area contributed by atoms with Gasteiger partial charge in [0.05, 0.1) is 13.2 Å². The number of morpholine rings is 1. The number of aromatic nitrogens is 2. The molecule has 2 rings (SSSR count). The van der Waals surface area contributed by atoms with Crippen LogP contribution < -0.4 is 4.90 Å². The summed E-state index contributed by atoms with van der Waals surface area (Å²) in [6.45, 7) is 7.51. The molecular weight excluding hydrogens is 190 g/mol. The van der Waals surface area contributed by atoms with E-state index in [1.807, 2.05) is 13.1 Å². The van der Waals surface area contributed by atoms with Gasteiger partial charge in [-0.2, -0.15) is 0 Å². The highest BCUT2D eigenvalue weighted by Gasteiger charge is 2.14. The first-order valence-electron chi connectivity index (χ1n) is 5.46. The zero-order chi connectivity index (χ0) is 10.7. The molecule has 1 aromatic heterocycles. The third kappa shape index (κ3) is 2.26. The quantitative estimate of drug-likeness (QED) is 0.730. The largest absolute Gasteiger partial charge is 0.378 e. The predicted octanol–water partition coefficient (Wildman–Crippen LogP) is 1.18. The molecule has 15 heavy (non-hydrogen) atoms. The summed E-state index contributed by atoms with van der Waals surface area (Å²) in [5.74, 6) is 0.841. The van der Waals surface area contributed by atoms with Crippen LogP contribution >= 0.6 is 0 Å². The van der Waals surface area contributed by atoms with Crippen LogP contribution in [-0.4, -0.2) is 36.3 Å². The normalized spacial score (nSPS) is 16.8. The minimum absolute atomic E-state index is 0.776. The van der Waals surface area contributed by atoms with Crippen molar-refractivity contribution in [3.63, 3.8) is 0 Å². The summed E-state index contributed by atoms with van der Waals surface area (Å²) >= 11 is 0. The minimum atomic E-state index is 0.776. The fraction of sp³-hybridized carbons (Fsp3) is 0.636. The third-order valence-corrected chi connectivity index (χ3v) is 2.74. The molecule has 0 radical (unpaired) electrons. The molecule has 82 valence electrons. The Morgan fingerprint density at radius 2 is 2.13 bits per heavy atom. The van der Waals surface area contributed by atoms with Crippen LogP contribution in [0.5, 0.6) is 0 Å². The van der Waals surface area contributed by atoms with Gasteiger partial charge in [-0.05, 0) is 18.9 Å². The molecular formula is C11H17N3O. The highest BCUT2D eigenvalue weighted by molar-refractivity contribution is 5.33. The molecule has 1 saturated heterocycles. The van der Waals surface area contributed by atoms with Gasteiger partial charge in [0.2, 0.25) is 5.95 Å². The Labute approximate surface area is 90.3 Å². The number of hydrogen-bond donors (Lipinski definition) is 0. The fourth-order valence-corrected chi connectivity index (χ4v) is 1.74. The molecule has 1 aliphatic rings. The molecule has 2 heterocycles. The summed E-state index contributed by atoms with van der Waals surface area (Å²) in [5.41, 5.74) is 2.32. The lowest BCUT2D eigenvalue weighted by Crippen LogP contribution is -2.37. The van der Waals surface area contributed by atoms with Gasteiger partial charge < -0.3 is 9.64 Å². The third-order valence-electron chi connectivity index (χ3n) is 2.74. The van der Waals surface area contributed by atoms with E-state index in [2.05, 4.69) is 21.8 Å². The number of nitrogens with zero attached hydrogens (tertiary/aromatic N) is 3. The van der Waals surface area contributed by atoms with E-state index in [-0.39, 0.29) is 0 Å². The zero-order valence-corrected chi connectivity index (χ0v) is 9.36. The number of anilines is 1. The summed E-state index contributed by atoms with van der Waals surface area (Å²) in [6.07, 6.45) is 2.93. The van der Waals surface area contributed by atoms with Crippen molar-refractivity contribution in [1.82, 2.24) is 9.97 Å². The lowest BCUT2D eigenvalue weighted by atomic mass is 10.2. The van der Waals surface area contributed by atoms with Gasteiger partial charge in [0.1, 0.15) is 0 Å². The van der Waals surface area contributed by atoms with Crippen molar-refractivity contribution in [3.05, 3.63) is 17.5 Å². The SMILES string of the molecule is CCc1cnc(N2CCOCC2)nc1C. The number of ether oxygens (including phenoxy) is 1. The molecule has 0 aromatic carbocycles. The van der Waals surface area contributed by atoms with Gasteiger partial charge in [0.25, 0.3) is 0 Å². The monoisotopic (exact) mass is 207 g/mol. The van der Waals surface area contributed by atoms with E-state index in [1.54, 1.807) is 0 Å². The Bertz CT molecular complexity index is 335. The average Bonchev–Trinajstić information content (AvgIpc) is 2.30. The van der Waals surface area contributed by atoms with E-state index >= 15 is 0 Å². The van der Waals surface area contributed by atoms with Crippen molar-refractivity contribution < 1.29 is 4.74 Å². The molecule has 1 aromatic rings. The highest BCUT2D eigenvalue weighted by atomic mass is 16.5. The molecule has 0 atom stereocenters. The van der Waals surface area contributed by atoms with Crippen molar-refractivity contribution in [2.24, 2.45) is 0 Å². The Balaban J connectivity index is 2.17. The van der Waals surface area contributed by atoms with Crippen LogP contribution in [0.25, 0.3) is 0 Å². The molecule has 0 saturated carbocycles. The Hall–Kier alpha value is -1.16. The zero-order valence-electron chi connectivity index (χ0n) is 9.36. The Morgan fingerprint density at radius 1 is 1.40 bits per heavy atom. The summed E-state index contributed by atoms with van der Waals surface area (Å²) in [7, 11) is 0. The lowest BCUT2D eigenvalue weighted by Gasteiger charge is -2.27. The van der Waals surface area contributed by atoms with E-state index in [0.29, 0.717) is 0 Å². The first-order valence-corrected chi connectivity index (χ1v) is 5.46. The van der Waals surface area contributed by atoms with Gasteiger partial charge >= 0.3 is 0 Å². The molecule has 1 aliphatic heterocycles. The predicted molar refractivity (Wildman–Crippen MR) is 59.2 cm³/mol. The second-order valence-electron chi connectivity index (χ2n) is 3.73. The molecule has 0 bridgehead atoms. The van der Waals surface area contributed by atoms with Crippen molar-refractivity contribution in [1.29, 1.82) is 0 Å². The number of aryl methyl sites for hydroxylation is 2. The first kappa shape index (κ1) is 10.4. The molecule has 4 heteroatoms. The topological polar surface area (TPSA) is 38.2 Å². The summed E-state index contributed by atoms with van der Waals surface area (Å²) < 4.78 is 5.30. The van der Waals surface area contributed by atoms with Gasteiger partial charge in [-0.25, -0.2) is 9.97 Å². The maximum Gasteiger partial charge on any atom is 0.225 e. The smallest absolute Gasteiger partial charge is 0.225 e. The molecule has 0 amide bonds. The molecule has 0 N–H and O–H groups in total. The Kier molecular flexibility index (Phi) is 3.16. The first-order chi connectivity index (χ1) is 7.31. The molecule has 0 unspecified atom stereocenters. The van der Waals surface area contributed by atoms with E-state index in [9.17, 15) is 0 Å². The van der Waals surface area contributed by atoms with E-state index in [0.717, 1.165) is 44.4 Å². The van der Waals surface area contributed by atoms with Gasteiger partial charge in [0.15, 0.2) is 0 Å². The summed E-state index contributed by atoms with van der Waals surface area (Å²) in [4.78, 5) is 11.1. The molecule has 0 aliphatic carbocycles. The second kappa shape index (κ2) is 4.57. The maximum absolute atomic E-state index is 5.30. The van der Waals surface area contributed by atoms with Crippen LogP contribution in [0, 0.1) is 6.92 Å². The molecule has 1 fully saturated rings. The van der Waals surface area contributed by atoms with E-state index in [4.69, 9.17) is 4.74 Å². The van der Waals surface area contributed by atoms with Crippen molar-refractivity contribution in [2.45, 2.75) is 20.3 Å². The fourth-order valence-electron chi connectivity index (χ4n) is 1.74. The number of rotatable bonds is 2. The lowest BCUT2D eigenvalue weighted by molar-refractivity contribution is 0.122. The van der Waals surface area contributed by atoms with Gasteiger partial charge in [0, 0.05) is 25.0 Å². The van der Waals surface area contributed by atoms with Crippen LogP contribution in [-0.2, 0) is 11.2 Å². The summed E-state index contributed by atoms with van der Waals surface area (Å²) in [6, 6.07) is 0. The highest BCUT2D eigenvalue weighted by Crippen LogP contribution is 2.12. The van der Waals surface area contributed by atoms with Crippen LogP contribution in [0.15, 0.2) is 6.20 Å². The van der Waals surface area contributed by atoms with Crippen molar-refractivity contribution in [3.8, 4) is 0 Å². The average molecular weight is 207 g/mol. The molecule has 4 nitrogen and oxygen atoms in total. The van der Waals surface area contributed by atoms with E-state index in [1.165, 1.54) is 5.56 Å². The van der Waals surface area contributed by atoms with Crippen LogP contribution in [0.1, 0.15) is 18.2 Å². The van der Waals surface area contributed by atoms with Crippen molar-refractivity contribution >= 4 is 5.95 Å². The standard InChI is InChI=1S/C11H17N3O/c1-3-10-8-12-11(13-9(10)2)14-4-6-15-7-5-14/h8H,3-7H2,1-2H3. The summed E-state index contributed by atoms with van der Waals surface area (Å²) in [5, 5.41) is 0. The van der Waals surface area contributed by atoms with Crippen LogP contribution in [0.3, 0.4) is 0 Å². The van der Waals surface area contributed by atoms with Crippen molar-refractivity contribution in [2.75, 3.05) is 31.2 Å². The van der Waals surface area contributed by atoms with Crippen LogP contribution in [0.4, 0.5) is 5.95 Å². The van der Waals surface area contributed by atoms with Gasteiger partial charge in [-0.15, -0.1) is 0 Å². The van der Waals surface area contributed by atoms with Crippen LogP contribution in [0.2, 0.25) is 0 Å². The van der Waals surface area contributed by atoms with E-state index < -0.39 is 0 Å². The minimum Gasteiger partial charge on any atom is -0.378 e. The second-order valence-corrected chi connectivity index (χ2v) is 3.73. The van der Waals surface area contributed by atoms with Gasteiger partial charge in [-0.1, -0.05) is 6.92 Å². The Morgan fingerprint density at radius 3 is 2.73 bits per heavy atom. The van der Waals surface area contributed by atoms with Gasteiger partial charge in [-0.3, -0.25) is 0 Å².